The molecular weight excluding hydrogens is 296 g/mol. The molecule has 0 aromatic carbocycles. The molecule has 1 N–H and O–H groups in total. The van der Waals surface area contributed by atoms with Gasteiger partial charge in [-0.3, -0.25) is 9.59 Å². The number of rotatable bonds is 7. The van der Waals surface area contributed by atoms with E-state index in [1.54, 1.807) is 6.92 Å². The zero-order chi connectivity index (χ0) is 19.0. The van der Waals surface area contributed by atoms with Crippen molar-refractivity contribution in [3.05, 3.63) is 0 Å². The van der Waals surface area contributed by atoms with Gasteiger partial charge in [-0.1, -0.05) is 41.5 Å². The second-order valence-corrected chi connectivity index (χ2v) is 6.69. The van der Waals surface area contributed by atoms with Crippen LogP contribution in [-0.4, -0.2) is 29.4 Å². The number of ether oxygens (including phenoxy) is 1. The van der Waals surface area contributed by atoms with Crippen LogP contribution in [0, 0.1) is 17.8 Å². The molecule has 0 aromatic heterocycles. The molecule has 0 aliphatic rings. The summed E-state index contributed by atoms with van der Waals surface area (Å²) in [7, 11) is 0. The van der Waals surface area contributed by atoms with Gasteiger partial charge in [0.25, 0.3) is 0 Å². The van der Waals surface area contributed by atoms with Crippen molar-refractivity contribution in [3.63, 3.8) is 0 Å². The van der Waals surface area contributed by atoms with Gasteiger partial charge in [0.1, 0.15) is 5.78 Å². The Morgan fingerprint density at radius 3 is 1.35 bits per heavy atom. The van der Waals surface area contributed by atoms with E-state index < -0.39 is 5.97 Å². The van der Waals surface area contributed by atoms with Crippen LogP contribution in [0.2, 0.25) is 0 Å². The van der Waals surface area contributed by atoms with E-state index in [0.717, 1.165) is 6.42 Å². The average Bonchev–Trinajstić information content (AvgIpc) is 2.25. The molecule has 138 valence electrons. The van der Waals surface area contributed by atoms with Crippen molar-refractivity contribution in [1.29, 1.82) is 0 Å². The predicted octanol–water partition coefficient (Wildman–Crippen LogP) is 4.33. The van der Waals surface area contributed by atoms with Gasteiger partial charge in [0.2, 0.25) is 0 Å². The molecule has 0 saturated carbocycles. The number of hydrogen-bond acceptors (Lipinski definition) is 4. The maximum Gasteiger partial charge on any atom is 0.306 e. The number of esters is 1. The van der Waals surface area contributed by atoms with Crippen molar-refractivity contribution in [2.75, 3.05) is 6.61 Å². The monoisotopic (exact) mass is 332 g/mol. The number of carbonyl (C=O) groups excluding carboxylic acids is 2. The van der Waals surface area contributed by atoms with E-state index in [-0.39, 0.29) is 24.1 Å². The van der Waals surface area contributed by atoms with Gasteiger partial charge in [0, 0.05) is 19.3 Å². The van der Waals surface area contributed by atoms with Gasteiger partial charge >= 0.3 is 11.9 Å². The van der Waals surface area contributed by atoms with Crippen molar-refractivity contribution in [2.24, 2.45) is 17.8 Å². The first-order valence-corrected chi connectivity index (χ1v) is 8.29. The smallest absolute Gasteiger partial charge is 0.306 e. The molecule has 0 fully saturated rings. The van der Waals surface area contributed by atoms with Gasteiger partial charge in [0.15, 0.2) is 0 Å². The topological polar surface area (TPSA) is 80.7 Å². The van der Waals surface area contributed by atoms with Crippen LogP contribution in [0.5, 0.6) is 0 Å². The Labute approximate surface area is 141 Å². The van der Waals surface area contributed by atoms with Crippen molar-refractivity contribution >= 4 is 17.7 Å². The van der Waals surface area contributed by atoms with Crippen LogP contribution in [0.4, 0.5) is 0 Å². The molecule has 0 heterocycles. The molecule has 0 spiro atoms. The molecule has 0 bridgehead atoms. The highest BCUT2D eigenvalue weighted by Gasteiger charge is 2.03. The van der Waals surface area contributed by atoms with E-state index in [1.807, 2.05) is 48.5 Å². The fourth-order valence-corrected chi connectivity index (χ4v) is 1.48. The van der Waals surface area contributed by atoms with Gasteiger partial charge in [-0.05, 0) is 31.6 Å². The molecule has 0 radical (unpaired) electrons. The van der Waals surface area contributed by atoms with Crippen molar-refractivity contribution in [3.8, 4) is 0 Å². The summed E-state index contributed by atoms with van der Waals surface area (Å²) < 4.78 is 4.71. The van der Waals surface area contributed by atoms with E-state index in [9.17, 15) is 14.4 Å². The Morgan fingerprint density at radius 1 is 0.826 bits per heavy atom. The van der Waals surface area contributed by atoms with Crippen molar-refractivity contribution in [2.45, 2.75) is 74.7 Å². The Balaban J connectivity index is -0.000000264. The molecular formula is C18H36O5. The molecule has 0 atom stereocenters. The summed E-state index contributed by atoms with van der Waals surface area (Å²) in [5.41, 5.74) is 0. The van der Waals surface area contributed by atoms with Crippen LogP contribution in [0.1, 0.15) is 74.7 Å². The lowest BCUT2D eigenvalue weighted by molar-refractivity contribution is -0.144. The van der Waals surface area contributed by atoms with E-state index in [2.05, 4.69) is 0 Å². The molecule has 5 heteroatoms. The maximum absolute atomic E-state index is 10.6. The van der Waals surface area contributed by atoms with E-state index in [0.29, 0.717) is 24.9 Å². The zero-order valence-corrected chi connectivity index (χ0v) is 16.1. The van der Waals surface area contributed by atoms with Crippen molar-refractivity contribution < 1.29 is 24.2 Å². The minimum atomic E-state index is -0.713. The van der Waals surface area contributed by atoms with Gasteiger partial charge in [-0.15, -0.1) is 0 Å². The normalized spacial score (nSPS) is 9.70. The Bertz CT molecular complexity index is 299. The predicted molar refractivity (Wildman–Crippen MR) is 93.3 cm³/mol. The third-order valence-electron chi connectivity index (χ3n) is 2.16. The molecule has 0 aromatic rings. The zero-order valence-electron chi connectivity index (χ0n) is 16.1. The summed E-state index contributed by atoms with van der Waals surface area (Å²) in [4.78, 5) is 30.7. The van der Waals surface area contributed by atoms with Gasteiger partial charge in [-0.25, -0.2) is 0 Å². The quantitative estimate of drug-likeness (QED) is 0.702. The van der Waals surface area contributed by atoms with E-state index >= 15 is 0 Å². The third kappa shape index (κ3) is 38.5. The first-order valence-electron chi connectivity index (χ1n) is 8.29. The molecule has 23 heavy (non-hydrogen) atoms. The number of carboxylic acids is 1. The number of aliphatic carboxylic acids is 1. The van der Waals surface area contributed by atoms with Crippen LogP contribution >= 0.6 is 0 Å². The van der Waals surface area contributed by atoms with Gasteiger partial charge in [0.05, 0.1) is 6.61 Å². The fraction of sp³-hybridized carbons (Fsp3) is 0.833. The highest BCUT2D eigenvalue weighted by molar-refractivity contribution is 5.75. The van der Waals surface area contributed by atoms with Crippen molar-refractivity contribution in [1.82, 2.24) is 0 Å². The molecule has 0 aliphatic heterocycles. The second kappa shape index (κ2) is 17.0. The number of hydrogen-bond donors (Lipinski definition) is 1. The number of carbonyl (C=O) groups is 3. The summed E-state index contributed by atoms with van der Waals surface area (Å²) in [6, 6.07) is 0. The first kappa shape index (κ1) is 26.5. The Morgan fingerprint density at radius 2 is 1.22 bits per heavy atom. The van der Waals surface area contributed by atoms with Crippen LogP contribution in [0.3, 0.4) is 0 Å². The van der Waals surface area contributed by atoms with Gasteiger partial charge in [-0.2, -0.15) is 0 Å². The molecule has 0 saturated heterocycles. The lowest BCUT2D eigenvalue weighted by atomic mass is 10.1. The molecule has 0 unspecified atom stereocenters. The second-order valence-electron chi connectivity index (χ2n) is 6.69. The summed E-state index contributed by atoms with van der Waals surface area (Å²) in [6.45, 7) is 15.8. The fourth-order valence-electron chi connectivity index (χ4n) is 1.48. The van der Waals surface area contributed by atoms with E-state index in [4.69, 9.17) is 9.84 Å². The highest BCUT2D eigenvalue weighted by Crippen LogP contribution is 2.00. The van der Waals surface area contributed by atoms with Crippen LogP contribution in [0.15, 0.2) is 0 Å². The highest BCUT2D eigenvalue weighted by atomic mass is 16.5. The van der Waals surface area contributed by atoms with Crippen LogP contribution < -0.4 is 0 Å². The summed E-state index contributed by atoms with van der Waals surface area (Å²) >= 11 is 0. The minimum Gasteiger partial charge on any atom is -0.481 e. The van der Waals surface area contributed by atoms with Crippen LogP contribution in [-0.2, 0) is 19.1 Å². The lowest BCUT2D eigenvalue weighted by Crippen LogP contribution is -2.06. The van der Waals surface area contributed by atoms with E-state index in [1.165, 1.54) is 0 Å². The Kier molecular flexibility index (Phi) is 19.6. The molecule has 0 amide bonds. The summed E-state index contributed by atoms with van der Waals surface area (Å²) in [5.74, 6) is 0.691. The standard InChI is InChI=1S/C7H14O2.C6H12O.C5H10O2/c1-4-9-7(8)5-6(2)3;1-5(2)4-6(3)7;1-4(2)3-5(6)7/h6H,4-5H2,1-3H3;5H,4H2,1-3H3;4H,3H2,1-2H3,(H,6,7). The molecule has 5 nitrogen and oxygen atoms in total. The summed E-state index contributed by atoms with van der Waals surface area (Å²) in [5, 5.41) is 8.08. The largest absolute Gasteiger partial charge is 0.481 e. The Hall–Kier alpha value is -1.39. The lowest BCUT2D eigenvalue weighted by Gasteiger charge is -2.02. The molecule has 0 rings (SSSR count). The minimum absolute atomic E-state index is 0.0903. The SMILES string of the molecule is CC(=O)CC(C)C.CC(C)CC(=O)O.CCOC(=O)CC(C)C. The first-order chi connectivity index (χ1) is 10.4. The number of carboxylic acid groups (broad SMARTS) is 1. The van der Waals surface area contributed by atoms with Gasteiger partial charge < -0.3 is 14.6 Å². The maximum atomic E-state index is 10.6. The number of ketones is 1. The summed E-state index contributed by atoms with van der Waals surface area (Å²) in [6.07, 6.45) is 1.54. The number of Topliss-reactive ketones (excluding diaryl/α,β-unsaturated/α-hetero) is 1. The average molecular weight is 332 g/mol. The molecule has 0 aliphatic carbocycles. The third-order valence-corrected chi connectivity index (χ3v) is 2.16. The van der Waals surface area contributed by atoms with Crippen LogP contribution in [0.25, 0.3) is 0 Å².